The number of piperidine rings is 1. The van der Waals surface area contributed by atoms with Crippen molar-refractivity contribution in [3.63, 3.8) is 0 Å². The van der Waals surface area contributed by atoms with Crippen LogP contribution < -0.4 is 15.0 Å². The molecule has 224 valence electrons. The number of hydrogen-bond acceptors (Lipinski definition) is 8. The Morgan fingerprint density at radius 2 is 1.69 bits per heavy atom. The summed E-state index contributed by atoms with van der Waals surface area (Å²) in [5, 5.41) is 3.57. The lowest BCUT2D eigenvalue weighted by atomic mass is 9.71. The second-order valence-electron chi connectivity index (χ2n) is 12.3. The molecular formula is C32H41N5O4S. The van der Waals surface area contributed by atoms with Gasteiger partial charge in [-0.3, -0.25) is 4.79 Å². The highest BCUT2D eigenvalue weighted by Gasteiger charge is 2.34. The van der Waals surface area contributed by atoms with Crippen LogP contribution in [0, 0.1) is 30.6 Å². The molecule has 0 bridgehead atoms. The molecule has 0 radical (unpaired) electrons. The van der Waals surface area contributed by atoms with E-state index < -0.39 is 9.84 Å². The van der Waals surface area contributed by atoms with E-state index in [4.69, 9.17) is 4.74 Å². The summed E-state index contributed by atoms with van der Waals surface area (Å²) in [6.07, 6.45) is 8.21. The smallest absolute Gasteiger partial charge is 0.298 e. The summed E-state index contributed by atoms with van der Waals surface area (Å²) in [5.41, 5.74) is 4.23. The molecule has 0 spiro atoms. The Bertz CT molecular complexity index is 1500. The molecule has 1 aromatic carbocycles. The average Bonchev–Trinajstić information content (AvgIpc) is 3.13. The van der Waals surface area contributed by atoms with E-state index in [1.54, 1.807) is 13.3 Å². The van der Waals surface area contributed by atoms with Gasteiger partial charge in [0.1, 0.15) is 29.8 Å². The van der Waals surface area contributed by atoms with E-state index in [1.807, 2.05) is 16.7 Å². The van der Waals surface area contributed by atoms with Gasteiger partial charge in [-0.05, 0) is 100 Å². The lowest BCUT2D eigenvalue weighted by molar-refractivity contribution is -0.126. The largest absolute Gasteiger partial charge is 0.483 e. The fourth-order valence-corrected chi connectivity index (χ4v) is 8.57. The highest BCUT2D eigenvalue weighted by Crippen LogP contribution is 2.47. The molecule has 0 unspecified atom stereocenters. The molecule has 1 aliphatic carbocycles. The number of sulfone groups is 1. The van der Waals surface area contributed by atoms with Crippen molar-refractivity contribution in [3.05, 3.63) is 35.2 Å². The number of nitrogens with one attached hydrogen (secondary N) is 1. The van der Waals surface area contributed by atoms with Gasteiger partial charge in [0.05, 0.1) is 22.8 Å². The van der Waals surface area contributed by atoms with Crippen LogP contribution in [0.4, 0.5) is 17.3 Å². The molecular weight excluding hydrogens is 550 g/mol. The second-order valence-corrected chi connectivity index (χ2v) is 14.6. The van der Waals surface area contributed by atoms with E-state index in [0.29, 0.717) is 24.9 Å². The summed E-state index contributed by atoms with van der Waals surface area (Å²) in [6.45, 7) is 8.33. The molecule has 4 heterocycles. The van der Waals surface area contributed by atoms with E-state index in [1.165, 1.54) is 31.2 Å². The van der Waals surface area contributed by atoms with Crippen LogP contribution in [-0.2, 0) is 14.6 Å². The zero-order valence-electron chi connectivity index (χ0n) is 24.9. The first-order valence-corrected chi connectivity index (χ1v) is 17.1. The number of fused-ring (bicyclic) bond motifs is 2. The molecule has 10 heteroatoms. The third-order valence-corrected chi connectivity index (χ3v) is 11.3. The summed E-state index contributed by atoms with van der Waals surface area (Å²) >= 11 is 0. The van der Waals surface area contributed by atoms with Crippen molar-refractivity contribution >= 4 is 33.1 Å². The maximum Gasteiger partial charge on any atom is 0.298 e. The van der Waals surface area contributed by atoms with Crippen LogP contribution in [0.3, 0.4) is 0 Å². The number of likely N-dealkylation sites (tertiary alicyclic amines) is 1. The molecule has 9 nitrogen and oxygen atoms in total. The fraction of sp³-hybridized carbons (Fsp3) is 0.594. The minimum Gasteiger partial charge on any atom is -0.483 e. The van der Waals surface area contributed by atoms with E-state index >= 15 is 0 Å². The molecule has 2 aromatic rings. The molecule has 42 heavy (non-hydrogen) atoms. The molecule has 3 aliphatic heterocycles. The topological polar surface area (TPSA) is 105 Å². The third kappa shape index (κ3) is 5.81. The lowest BCUT2D eigenvalue weighted by Crippen LogP contribution is -2.41. The summed E-state index contributed by atoms with van der Waals surface area (Å²) in [7, 11) is -3.00. The number of carbonyl (C=O) groups excluding carboxylic acids is 1. The first-order valence-electron chi connectivity index (χ1n) is 15.3. The molecule has 1 N–H and O–H groups in total. The number of aromatic nitrogens is 2. The Labute approximate surface area is 249 Å². The SMILES string of the molecule is CC#CC(=O)N1CCC([C@H]2CC[C@H](c3cc(C)c4c(c3)Nc3ncnc(N5CCS(=O)(=O)CC5)c3[C@@H](C)O4)CC2)CC1. The van der Waals surface area contributed by atoms with Gasteiger partial charge in [-0.25, -0.2) is 18.4 Å². The van der Waals surface area contributed by atoms with Gasteiger partial charge in [-0.2, -0.15) is 0 Å². The molecule has 1 saturated carbocycles. The molecule has 2 saturated heterocycles. The van der Waals surface area contributed by atoms with E-state index in [9.17, 15) is 13.2 Å². The number of carbonyl (C=O) groups is 1. The Balaban J connectivity index is 1.15. The number of hydrogen-bond donors (Lipinski definition) is 1. The summed E-state index contributed by atoms with van der Waals surface area (Å²) < 4.78 is 30.6. The molecule has 6 rings (SSSR count). The van der Waals surface area contributed by atoms with Crippen LogP contribution in [0.25, 0.3) is 0 Å². The van der Waals surface area contributed by atoms with Crippen LogP contribution >= 0.6 is 0 Å². The van der Waals surface area contributed by atoms with E-state index in [0.717, 1.165) is 66.0 Å². The predicted octanol–water partition coefficient (Wildman–Crippen LogP) is 4.75. The van der Waals surface area contributed by atoms with Gasteiger partial charge in [0.25, 0.3) is 5.91 Å². The lowest BCUT2D eigenvalue weighted by Gasteiger charge is -2.39. The Kier molecular flexibility index (Phi) is 8.05. The Hall–Kier alpha value is -3.32. The number of aryl methyl sites for hydroxylation is 1. The van der Waals surface area contributed by atoms with Gasteiger partial charge >= 0.3 is 0 Å². The van der Waals surface area contributed by atoms with Gasteiger partial charge in [-0.1, -0.05) is 12.0 Å². The predicted molar refractivity (Wildman–Crippen MR) is 164 cm³/mol. The highest BCUT2D eigenvalue weighted by atomic mass is 32.2. The highest BCUT2D eigenvalue weighted by molar-refractivity contribution is 7.91. The van der Waals surface area contributed by atoms with Crippen LogP contribution in [0.2, 0.25) is 0 Å². The number of nitrogens with zero attached hydrogens (tertiary/aromatic N) is 4. The summed E-state index contributed by atoms with van der Waals surface area (Å²) in [4.78, 5) is 25.3. The number of amides is 1. The standard InChI is InChI=1S/C32H41N5O4S/c1-4-5-28(38)36-12-10-25(11-13-36)23-6-8-24(9-7-23)26-18-21(2)30-27(19-26)35-31-29(22(3)41-30)32(34-20-33-31)37-14-16-42(39,40)17-15-37/h18-20,22-25H,6-17H2,1-3H3,(H,33,34,35)/t22-,23-,24-/m1/s1. The first-order chi connectivity index (χ1) is 20.2. The van der Waals surface area contributed by atoms with Crippen molar-refractivity contribution in [2.45, 2.75) is 71.3 Å². The van der Waals surface area contributed by atoms with E-state index in [2.05, 4.69) is 46.2 Å². The zero-order valence-corrected chi connectivity index (χ0v) is 25.7. The second kappa shape index (κ2) is 11.8. The minimum atomic E-state index is -3.00. The molecule has 1 aromatic heterocycles. The normalized spacial score (nSPS) is 25.5. The van der Waals surface area contributed by atoms with Crippen molar-refractivity contribution < 1.29 is 17.9 Å². The monoisotopic (exact) mass is 591 g/mol. The molecule has 3 fully saturated rings. The zero-order chi connectivity index (χ0) is 29.4. The van der Waals surface area contributed by atoms with Crippen LogP contribution in [0.15, 0.2) is 18.5 Å². The molecule has 4 aliphatic rings. The number of rotatable bonds is 3. The van der Waals surface area contributed by atoms with E-state index in [-0.39, 0.29) is 23.5 Å². The fourth-order valence-electron chi connectivity index (χ4n) is 7.37. The van der Waals surface area contributed by atoms with Gasteiger partial charge < -0.3 is 19.9 Å². The average molecular weight is 592 g/mol. The summed E-state index contributed by atoms with van der Waals surface area (Å²) in [6, 6.07) is 4.53. The van der Waals surface area contributed by atoms with Crippen molar-refractivity contribution in [3.8, 4) is 17.6 Å². The number of anilines is 3. The van der Waals surface area contributed by atoms with Gasteiger partial charge in [0.2, 0.25) is 0 Å². The number of ether oxygens (including phenoxy) is 1. The Morgan fingerprint density at radius 3 is 2.38 bits per heavy atom. The quantitative estimate of drug-likeness (QED) is 0.510. The maximum atomic E-state index is 12.1. The van der Waals surface area contributed by atoms with Gasteiger partial charge in [-0.15, -0.1) is 0 Å². The maximum absolute atomic E-state index is 12.1. The minimum absolute atomic E-state index is 0.0301. The van der Waals surface area contributed by atoms with Crippen LogP contribution in [-0.4, -0.2) is 66.9 Å². The van der Waals surface area contributed by atoms with Crippen molar-refractivity contribution in [2.75, 3.05) is 47.9 Å². The third-order valence-electron chi connectivity index (χ3n) is 9.73. The first kappa shape index (κ1) is 28.8. The van der Waals surface area contributed by atoms with Crippen LogP contribution in [0.1, 0.15) is 81.1 Å². The van der Waals surface area contributed by atoms with Crippen molar-refractivity contribution in [1.82, 2.24) is 14.9 Å². The number of benzene rings is 1. The van der Waals surface area contributed by atoms with Crippen LogP contribution in [0.5, 0.6) is 5.75 Å². The molecule has 1 atom stereocenters. The summed E-state index contributed by atoms with van der Waals surface area (Å²) in [5.74, 6) is 9.87. The Morgan fingerprint density at radius 1 is 1.00 bits per heavy atom. The van der Waals surface area contributed by atoms with Gasteiger partial charge in [0.15, 0.2) is 9.84 Å². The van der Waals surface area contributed by atoms with Crippen molar-refractivity contribution in [2.24, 2.45) is 11.8 Å². The van der Waals surface area contributed by atoms with Gasteiger partial charge in [0, 0.05) is 26.2 Å². The molecule has 1 amide bonds. The van der Waals surface area contributed by atoms with Crippen molar-refractivity contribution in [1.29, 1.82) is 0 Å².